The topological polar surface area (TPSA) is 70.6 Å². The van der Waals surface area contributed by atoms with Crippen LogP contribution in [0.2, 0.25) is 0 Å². The number of aliphatic hydroxyl groups excluding tert-OH is 1. The smallest absolute Gasteiger partial charge is 0.258 e. The zero-order chi connectivity index (χ0) is 15.9. The first-order valence-electron chi connectivity index (χ1n) is 7.18. The Morgan fingerprint density at radius 2 is 2.00 bits per heavy atom. The summed E-state index contributed by atoms with van der Waals surface area (Å²) in [4.78, 5) is 11.8. The molecule has 1 amide bonds. The van der Waals surface area contributed by atoms with Crippen LogP contribution in [0.25, 0.3) is 0 Å². The molecule has 21 heavy (non-hydrogen) atoms. The van der Waals surface area contributed by atoms with E-state index in [1.807, 2.05) is 45.0 Å². The highest BCUT2D eigenvalue weighted by atomic mass is 16.5. The third kappa shape index (κ3) is 7.68. The summed E-state index contributed by atoms with van der Waals surface area (Å²) in [6.07, 6.45) is -0.393. The molecule has 0 saturated heterocycles. The van der Waals surface area contributed by atoms with Crippen molar-refractivity contribution >= 4 is 5.91 Å². The van der Waals surface area contributed by atoms with Crippen molar-refractivity contribution in [2.45, 2.75) is 45.9 Å². The molecule has 0 aliphatic rings. The van der Waals surface area contributed by atoms with Gasteiger partial charge in [-0.2, -0.15) is 0 Å². The molecule has 5 nitrogen and oxygen atoms in total. The number of nitrogens with one attached hydrogen (secondary N) is 2. The summed E-state index contributed by atoms with van der Waals surface area (Å²) < 4.78 is 5.59. The first-order chi connectivity index (χ1) is 9.78. The minimum Gasteiger partial charge on any atom is -0.483 e. The number of hydrogen-bond donors (Lipinski definition) is 3. The van der Waals surface area contributed by atoms with Crippen LogP contribution in [0.1, 0.15) is 33.3 Å². The van der Waals surface area contributed by atoms with E-state index in [9.17, 15) is 9.90 Å². The van der Waals surface area contributed by atoms with E-state index in [0.29, 0.717) is 18.8 Å². The monoisotopic (exact) mass is 294 g/mol. The molecule has 0 heterocycles. The van der Waals surface area contributed by atoms with Crippen LogP contribution in [0.15, 0.2) is 24.3 Å². The van der Waals surface area contributed by atoms with Gasteiger partial charge in [0.1, 0.15) is 5.75 Å². The second kappa shape index (κ2) is 8.00. The van der Waals surface area contributed by atoms with Gasteiger partial charge in [0.15, 0.2) is 6.61 Å². The summed E-state index contributed by atoms with van der Waals surface area (Å²) in [6, 6.07) is 7.56. The molecule has 0 aliphatic heterocycles. The molecule has 1 aromatic carbocycles. The van der Waals surface area contributed by atoms with Gasteiger partial charge in [-0.25, -0.2) is 0 Å². The summed E-state index contributed by atoms with van der Waals surface area (Å²) in [5.74, 6) is 0.536. The predicted molar refractivity (Wildman–Crippen MR) is 83.2 cm³/mol. The van der Waals surface area contributed by atoms with Crippen LogP contribution in [0.4, 0.5) is 0 Å². The third-order valence-electron chi connectivity index (χ3n) is 2.60. The van der Waals surface area contributed by atoms with Crippen LogP contribution >= 0.6 is 0 Å². The van der Waals surface area contributed by atoms with Crippen molar-refractivity contribution < 1.29 is 14.6 Å². The molecule has 1 rings (SSSR count). The number of para-hydroxylation sites is 1. The van der Waals surface area contributed by atoms with E-state index in [0.717, 1.165) is 5.56 Å². The van der Waals surface area contributed by atoms with Crippen molar-refractivity contribution in [3.8, 4) is 5.75 Å². The van der Waals surface area contributed by atoms with Crippen molar-refractivity contribution in [1.29, 1.82) is 0 Å². The van der Waals surface area contributed by atoms with E-state index in [2.05, 4.69) is 10.6 Å². The lowest BCUT2D eigenvalue weighted by molar-refractivity contribution is -0.124. The lowest BCUT2D eigenvalue weighted by Crippen LogP contribution is -2.43. The quantitative estimate of drug-likeness (QED) is 0.712. The minimum absolute atomic E-state index is 0.00924. The zero-order valence-electron chi connectivity index (χ0n) is 13.3. The molecule has 0 bridgehead atoms. The average molecular weight is 294 g/mol. The molecule has 118 valence electrons. The van der Waals surface area contributed by atoms with E-state index < -0.39 is 6.10 Å². The van der Waals surface area contributed by atoms with Crippen molar-refractivity contribution in [2.75, 3.05) is 13.2 Å². The van der Waals surface area contributed by atoms with Crippen LogP contribution in [-0.4, -0.2) is 35.8 Å². The molecule has 0 fully saturated rings. The van der Waals surface area contributed by atoms with Crippen LogP contribution in [0, 0.1) is 0 Å². The van der Waals surface area contributed by atoms with Crippen LogP contribution in [0.5, 0.6) is 5.75 Å². The molecule has 1 aromatic rings. The molecule has 0 spiro atoms. The molecular formula is C16H26N2O3. The molecule has 0 radical (unpaired) electrons. The van der Waals surface area contributed by atoms with Crippen LogP contribution in [-0.2, 0) is 11.3 Å². The van der Waals surface area contributed by atoms with Gasteiger partial charge in [0.25, 0.3) is 5.91 Å². The van der Waals surface area contributed by atoms with Crippen molar-refractivity contribution in [1.82, 2.24) is 10.6 Å². The molecule has 3 N–H and O–H groups in total. The first kappa shape index (κ1) is 17.5. The van der Waals surface area contributed by atoms with Gasteiger partial charge in [-0.05, 0) is 33.8 Å². The Kier molecular flexibility index (Phi) is 6.65. The number of carbonyl (C=O) groups excluding carboxylic acids is 1. The highest BCUT2D eigenvalue weighted by Gasteiger charge is 2.14. The van der Waals surface area contributed by atoms with Gasteiger partial charge in [0.2, 0.25) is 0 Å². The number of amides is 1. The number of benzene rings is 1. The Balaban J connectivity index is 2.53. The van der Waals surface area contributed by atoms with E-state index in [1.165, 1.54) is 0 Å². The number of rotatable bonds is 7. The normalized spacial score (nSPS) is 12.8. The minimum atomic E-state index is -0.393. The van der Waals surface area contributed by atoms with Crippen LogP contribution in [0.3, 0.4) is 0 Å². The Morgan fingerprint density at radius 1 is 1.33 bits per heavy atom. The third-order valence-corrected chi connectivity index (χ3v) is 2.60. The van der Waals surface area contributed by atoms with E-state index in [-0.39, 0.29) is 18.1 Å². The molecule has 5 heteroatoms. The van der Waals surface area contributed by atoms with Crippen LogP contribution < -0.4 is 15.4 Å². The van der Waals surface area contributed by atoms with E-state index >= 15 is 0 Å². The summed E-state index contributed by atoms with van der Waals surface area (Å²) in [6.45, 7) is 8.61. The second-order valence-corrected chi connectivity index (χ2v) is 6.17. The lowest BCUT2D eigenvalue weighted by atomic mass is 10.1. The maximum Gasteiger partial charge on any atom is 0.258 e. The Morgan fingerprint density at radius 3 is 2.62 bits per heavy atom. The Bertz CT molecular complexity index is 453. The number of carbonyl (C=O) groups is 1. The second-order valence-electron chi connectivity index (χ2n) is 6.17. The molecule has 1 atom stereocenters. The van der Waals surface area contributed by atoms with E-state index in [4.69, 9.17) is 4.74 Å². The fourth-order valence-corrected chi connectivity index (χ4v) is 1.80. The van der Waals surface area contributed by atoms with Gasteiger partial charge in [0.05, 0.1) is 6.10 Å². The number of ether oxygens (including phenoxy) is 1. The largest absolute Gasteiger partial charge is 0.483 e. The molecular weight excluding hydrogens is 268 g/mol. The summed E-state index contributed by atoms with van der Waals surface area (Å²) in [7, 11) is 0. The summed E-state index contributed by atoms with van der Waals surface area (Å²) in [5, 5.41) is 15.2. The Hall–Kier alpha value is -1.59. The summed E-state index contributed by atoms with van der Waals surface area (Å²) >= 11 is 0. The average Bonchev–Trinajstić information content (AvgIpc) is 2.35. The maximum atomic E-state index is 11.8. The van der Waals surface area contributed by atoms with Gasteiger partial charge < -0.3 is 20.5 Å². The van der Waals surface area contributed by atoms with Crippen molar-refractivity contribution in [2.24, 2.45) is 0 Å². The van der Waals surface area contributed by atoms with Gasteiger partial charge in [-0.3, -0.25) is 4.79 Å². The molecule has 1 unspecified atom stereocenters. The lowest BCUT2D eigenvalue weighted by Gasteiger charge is -2.21. The van der Waals surface area contributed by atoms with E-state index in [1.54, 1.807) is 6.92 Å². The highest BCUT2D eigenvalue weighted by Crippen LogP contribution is 2.17. The fraction of sp³-hybridized carbons (Fsp3) is 0.562. The Labute approximate surface area is 126 Å². The predicted octanol–water partition coefficient (Wildman–Crippen LogP) is 1.45. The molecule has 0 aromatic heterocycles. The summed E-state index contributed by atoms with van der Waals surface area (Å²) in [5.41, 5.74) is 0.695. The van der Waals surface area contributed by atoms with Gasteiger partial charge in [-0.15, -0.1) is 0 Å². The van der Waals surface area contributed by atoms with Gasteiger partial charge >= 0.3 is 0 Å². The first-order valence-corrected chi connectivity index (χ1v) is 7.18. The van der Waals surface area contributed by atoms with Gasteiger partial charge in [-0.1, -0.05) is 18.2 Å². The maximum absolute atomic E-state index is 11.8. The number of aliphatic hydroxyl groups is 1. The SMILES string of the molecule is CC(O)CNCc1ccccc1OCC(=O)NC(C)(C)C. The van der Waals surface area contributed by atoms with Crippen molar-refractivity contribution in [3.05, 3.63) is 29.8 Å². The zero-order valence-corrected chi connectivity index (χ0v) is 13.3. The fourth-order valence-electron chi connectivity index (χ4n) is 1.80. The highest BCUT2D eigenvalue weighted by molar-refractivity contribution is 5.78. The molecule has 0 saturated carbocycles. The number of hydrogen-bond acceptors (Lipinski definition) is 4. The van der Waals surface area contributed by atoms with Gasteiger partial charge in [0, 0.05) is 24.2 Å². The standard InChI is InChI=1S/C16H26N2O3/c1-12(19)9-17-10-13-7-5-6-8-14(13)21-11-15(20)18-16(2,3)4/h5-8,12,17,19H,9-11H2,1-4H3,(H,18,20). The van der Waals surface area contributed by atoms with Crippen molar-refractivity contribution in [3.63, 3.8) is 0 Å². The molecule has 0 aliphatic carbocycles.